The fourth-order valence-electron chi connectivity index (χ4n) is 1.74. The van der Waals surface area contributed by atoms with Crippen molar-refractivity contribution in [1.29, 1.82) is 0 Å². The van der Waals surface area contributed by atoms with Crippen molar-refractivity contribution in [3.8, 4) is 11.4 Å². The van der Waals surface area contributed by atoms with Crippen molar-refractivity contribution < 1.29 is 18.7 Å². The second-order valence-corrected chi connectivity index (χ2v) is 5.43. The number of amides is 1. The molecular formula is C14H15FN4O3S. The number of benzene rings is 1. The number of carbonyl (C=O) groups excluding carboxylic acids is 2. The van der Waals surface area contributed by atoms with Crippen molar-refractivity contribution in [2.75, 3.05) is 19.4 Å². The summed E-state index contributed by atoms with van der Waals surface area (Å²) in [5, 5.41) is 10.8. The molecule has 1 amide bonds. The Kier molecular flexibility index (Phi) is 5.69. The van der Waals surface area contributed by atoms with E-state index in [1.165, 1.54) is 13.2 Å². The third-order valence-electron chi connectivity index (χ3n) is 2.94. The largest absolute Gasteiger partial charge is 0.468 e. The van der Waals surface area contributed by atoms with E-state index >= 15 is 0 Å². The lowest BCUT2D eigenvalue weighted by molar-refractivity contribution is -0.140. The second kappa shape index (κ2) is 7.73. The van der Waals surface area contributed by atoms with Crippen molar-refractivity contribution in [3.05, 3.63) is 30.1 Å². The van der Waals surface area contributed by atoms with Crippen LogP contribution in [0.3, 0.4) is 0 Å². The molecule has 7 nitrogen and oxygen atoms in total. The summed E-state index contributed by atoms with van der Waals surface area (Å²) in [6, 6.07) is 6.25. The van der Waals surface area contributed by atoms with Gasteiger partial charge in [0.05, 0.1) is 18.4 Å². The zero-order chi connectivity index (χ0) is 16.8. The van der Waals surface area contributed by atoms with Crippen LogP contribution < -0.4 is 5.32 Å². The topological polar surface area (TPSA) is 86.1 Å². The maximum absolute atomic E-state index is 13.8. The van der Waals surface area contributed by atoms with Crippen molar-refractivity contribution in [2.24, 2.45) is 7.05 Å². The van der Waals surface area contributed by atoms with Crippen molar-refractivity contribution in [3.63, 3.8) is 0 Å². The van der Waals surface area contributed by atoms with Crippen LogP contribution in [-0.4, -0.2) is 46.0 Å². The number of carbonyl (C=O) groups is 2. The van der Waals surface area contributed by atoms with Crippen molar-refractivity contribution in [1.82, 2.24) is 20.1 Å². The Morgan fingerprint density at radius 2 is 2.09 bits per heavy atom. The number of hydrogen-bond donors (Lipinski definition) is 1. The first-order chi connectivity index (χ1) is 11.0. The Bertz CT molecular complexity index is 720. The molecule has 0 saturated heterocycles. The van der Waals surface area contributed by atoms with Crippen LogP contribution in [0.4, 0.5) is 4.39 Å². The third kappa shape index (κ3) is 4.28. The number of esters is 1. The maximum Gasteiger partial charge on any atom is 0.325 e. The van der Waals surface area contributed by atoms with E-state index in [4.69, 9.17) is 0 Å². The molecular weight excluding hydrogens is 323 g/mol. The number of nitrogens with one attached hydrogen (secondary N) is 1. The minimum Gasteiger partial charge on any atom is -0.468 e. The lowest BCUT2D eigenvalue weighted by Gasteiger charge is -2.05. The molecule has 0 aliphatic heterocycles. The van der Waals surface area contributed by atoms with Crippen LogP contribution in [0.2, 0.25) is 0 Å². The number of ether oxygens (including phenoxy) is 1. The van der Waals surface area contributed by atoms with Crippen LogP contribution >= 0.6 is 11.8 Å². The normalized spacial score (nSPS) is 10.4. The lowest BCUT2D eigenvalue weighted by Crippen LogP contribution is -2.31. The monoisotopic (exact) mass is 338 g/mol. The van der Waals surface area contributed by atoms with Gasteiger partial charge in [0, 0.05) is 7.05 Å². The standard InChI is InChI=1S/C14H15FN4O3S/c1-19-13(9-5-3-4-6-10(9)15)17-18-14(19)23-8-11(20)16-7-12(21)22-2/h3-6H,7-8H2,1-2H3,(H,16,20). The van der Waals surface area contributed by atoms with Gasteiger partial charge >= 0.3 is 5.97 Å². The Morgan fingerprint density at radius 1 is 1.35 bits per heavy atom. The van der Waals surface area contributed by atoms with Gasteiger partial charge in [0.1, 0.15) is 12.4 Å². The highest BCUT2D eigenvalue weighted by molar-refractivity contribution is 7.99. The summed E-state index contributed by atoms with van der Waals surface area (Å²) in [4.78, 5) is 22.6. The zero-order valence-electron chi connectivity index (χ0n) is 12.6. The smallest absolute Gasteiger partial charge is 0.325 e. The molecule has 2 rings (SSSR count). The van der Waals surface area contributed by atoms with Crippen LogP contribution in [0, 0.1) is 5.82 Å². The summed E-state index contributed by atoms with van der Waals surface area (Å²) in [5.41, 5.74) is 0.337. The van der Waals surface area contributed by atoms with Crippen LogP contribution in [0.15, 0.2) is 29.4 Å². The van der Waals surface area contributed by atoms with Gasteiger partial charge in [0.2, 0.25) is 5.91 Å². The quantitative estimate of drug-likeness (QED) is 0.625. The van der Waals surface area contributed by atoms with Gasteiger partial charge in [-0.25, -0.2) is 4.39 Å². The molecule has 0 bridgehead atoms. The first-order valence-electron chi connectivity index (χ1n) is 6.63. The molecule has 0 aliphatic rings. The summed E-state index contributed by atoms with van der Waals surface area (Å²) >= 11 is 1.14. The summed E-state index contributed by atoms with van der Waals surface area (Å²) in [6.45, 7) is -0.185. The number of rotatable bonds is 6. The Balaban J connectivity index is 1.99. The van der Waals surface area contributed by atoms with Gasteiger partial charge in [0.25, 0.3) is 0 Å². The molecule has 0 radical (unpaired) electrons. The molecule has 122 valence electrons. The van der Waals surface area contributed by atoms with E-state index in [-0.39, 0.29) is 18.2 Å². The van der Waals surface area contributed by atoms with Gasteiger partial charge in [-0.3, -0.25) is 9.59 Å². The van der Waals surface area contributed by atoms with Crippen molar-refractivity contribution >= 4 is 23.6 Å². The highest BCUT2D eigenvalue weighted by Crippen LogP contribution is 2.24. The van der Waals surface area contributed by atoms with E-state index in [0.29, 0.717) is 16.5 Å². The molecule has 9 heteroatoms. The molecule has 0 fully saturated rings. The average molecular weight is 338 g/mol. The highest BCUT2D eigenvalue weighted by Gasteiger charge is 2.15. The van der Waals surface area contributed by atoms with Gasteiger partial charge in [-0.15, -0.1) is 10.2 Å². The molecule has 1 aromatic heterocycles. The van der Waals surface area contributed by atoms with Gasteiger partial charge in [0.15, 0.2) is 11.0 Å². The predicted octanol–water partition coefficient (Wildman–Crippen LogP) is 1.00. The summed E-state index contributed by atoms with van der Waals surface area (Å²) in [5.74, 6) is -0.823. The number of halogens is 1. The predicted molar refractivity (Wildman–Crippen MR) is 82.1 cm³/mol. The number of hydrogen-bond acceptors (Lipinski definition) is 6. The molecule has 1 aromatic carbocycles. The number of nitrogens with zero attached hydrogens (tertiary/aromatic N) is 3. The molecule has 23 heavy (non-hydrogen) atoms. The molecule has 2 aromatic rings. The van der Waals surface area contributed by atoms with Crippen molar-refractivity contribution in [2.45, 2.75) is 5.16 Å². The number of thioether (sulfide) groups is 1. The molecule has 0 unspecified atom stereocenters. The van der Waals surface area contributed by atoms with E-state index in [1.54, 1.807) is 29.8 Å². The van der Waals surface area contributed by atoms with E-state index in [2.05, 4.69) is 20.3 Å². The number of aromatic nitrogens is 3. The summed E-state index contributed by atoms with van der Waals surface area (Å²) in [7, 11) is 2.93. The van der Waals surface area contributed by atoms with Crippen LogP contribution in [0.1, 0.15) is 0 Å². The lowest BCUT2D eigenvalue weighted by atomic mass is 10.2. The Hall–Kier alpha value is -2.42. The second-order valence-electron chi connectivity index (χ2n) is 4.49. The SMILES string of the molecule is COC(=O)CNC(=O)CSc1nnc(-c2ccccc2F)n1C. The van der Waals surface area contributed by atoms with E-state index in [1.807, 2.05) is 0 Å². The molecule has 0 atom stereocenters. The summed E-state index contributed by atoms with van der Waals surface area (Å²) < 4.78 is 19.8. The molecule has 0 saturated carbocycles. The fourth-order valence-corrected chi connectivity index (χ4v) is 2.48. The Morgan fingerprint density at radius 3 is 2.78 bits per heavy atom. The Labute approximate surface area is 136 Å². The van der Waals surface area contributed by atoms with E-state index in [0.717, 1.165) is 11.8 Å². The summed E-state index contributed by atoms with van der Waals surface area (Å²) in [6.07, 6.45) is 0. The van der Waals surface area contributed by atoms with Crippen LogP contribution in [-0.2, 0) is 21.4 Å². The van der Waals surface area contributed by atoms with Gasteiger partial charge in [-0.2, -0.15) is 0 Å². The fraction of sp³-hybridized carbons (Fsp3) is 0.286. The number of methoxy groups -OCH3 is 1. The van der Waals surface area contributed by atoms with Gasteiger partial charge in [-0.1, -0.05) is 23.9 Å². The first kappa shape index (κ1) is 16.9. The highest BCUT2D eigenvalue weighted by atomic mass is 32.2. The maximum atomic E-state index is 13.8. The molecule has 0 spiro atoms. The van der Waals surface area contributed by atoms with Gasteiger partial charge < -0.3 is 14.6 Å². The van der Waals surface area contributed by atoms with E-state index in [9.17, 15) is 14.0 Å². The average Bonchev–Trinajstić information content (AvgIpc) is 2.91. The van der Waals surface area contributed by atoms with E-state index < -0.39 is 11.8 Å². The minimum absolute atomic E-state index is 0.0558. The van der Waals surface area contributed by atoms with Crippen LogP contribution in [0.25, 0.3) is 11.4 Å². The third-order valence-corrected chi connectivity index (χ3v) is 3.96. The molecule has 1 N–H and O–H groups in total. The van der Waals surface area contributed by atoms with Gasteiger partial charge in [-0.05, 0) is 12.1 Å². The zero-order valence-corrected chi connectivity index (χ0v) is 13.4. The van der Waals surface area contributed by atoms with Crippen LogP contribution in [0.5, 0.6) is 0 Å². The minimum atomic E-state index is -0.524. The first-order valence-corrected chi connectivity index (χ1v) is 7.62. The molecule has 1 heterocycles. The molecule has 0 aliphatic carbocycles.